The molecule has 0 radical (unpaired) electrons. The highest BCUT2D eigenvalue weighted by Gasteiger charge is 2.36. The average Bonchev–Trinajstić information content (AvgIpc) is 2.37. The van der Waals surface area contributed by atoms with Crippen molar-refractivity contribution < 1.29 is 18.7 Å². The van der Waals surface area contributed by atoms with Crippen LogP contribution in [0.3, 0.4) is 0 Å². The third-order valence-corrected chi connectivity index (χ3v) is 3.87. The second kappa shape index (κ2) is 5.25. The summed E-state index contributed by atoms with van der Waals surface area (Å²) in [5.74, 6) is -2.45. The average molecular weight is 269 g/mol. The first-order valence-electron chi connectivity index (χ1n) is 6.30. The van der Waals surface area contributed by atoms with Crippen LogP contribution in [0.15, 0.2) is 18.2 Å². The Kier molecular flexibility index (Phi) is 3.85. The Morgan fingerprint density at radius 3 is 2.47 bits per heavy atom. The van der Waals surface area contributed by atoms with Crippen LogP contribution in [0.25, 0.3) is 0 Å². The largest absolute Gasteiger partial charge is 0.481 e. The number of piperidine rings is 1. The number of carboxylic acid groups (broad SMARTS) is 1. The Hall–Kier alpha value is -1.49. The van der Waals surface area contributed by atoms with E-state index in [-0.39, 0.29) is 0 Å². The van der Waals surface area contributed by atoms with Crippen LogP contribution in [-0.2, 0) is 11.3 Å². The predicted molar refractivity (Wildman–Crippen MR) is 66.6 cm³/mol. The third kappa shape index (κ3) is 3.10. The summed E-state index contributed by atoms with van der Waals surface area (Å²) in [7, 11) is 0. The lowest BCUT2D eigenvalue weighted by Gasteiger charge is -2.36. The van der Waals surface area contributed by atoms with Gasteiger partial charge >= 0.3 is 5.97 Å². The van der Waals surface area contributed by atoms with E-state index < -0.39 is 23.0 Å². The molecule has 1 N–H and O–H groups in total. The standard InChI is InChI=1S/C14H17F2NO2/c1-14(13(18)19)4-6-17(7-5-14)9-10-2-3-11(15)12(16)8-10/h2-3,8H,4-7,9H2,1H3,(H,18,19). The fourth-order valence-electron chi connectivity index (χ4n) is 2.31. The van der Waals surface area contributed by atoms with Gasteiger partial charge in [0.15, 0.2) is 11.6 Å². The monoisotopic (exact) mass is 269 g/mol. The van der Waals surface area contributed by atoms with Crippen LogP contribution < -0.4 is 0 Å². The summed E-state index contributed by atoms with van der Waals surface area (Å²) in [6.45, 7) is 3.58. The molecule has 0 saturated carbocycles. The van der Waals surface area contributed by atoms with E-state index in [1.807, 2.05) is 0 Å². The van der Waals surface area contributed by atoms with Gasteiger partial charge in [0.25, 0.3) is 0 Å². The lowest BCUT2D eigenvalue weighted by molar-refractivity contribution is -0.150. The molecule has 0 aromatic heterocycles. The molecule has 0 atom stereocenters. The Labute approximate surface area is 110 Å². The van der Waals surface area contributed by atoms with Crippen molar-refractivity contribution >= 4 is 5.97 Å². The van der Waals surface area contributed by atoms with Crippen LogP contribution >= 0.6 is 0 Å². The zero-order valence-corrected chi connectivity index (χ0v) is 10.8. The predicted octanol–water partition coefficient (Wildman–Crippen LogP) is 2.65. The molecule has 1 aliphatic heterocycles. The van der Waals surface area contributed by atoms with Gasteiger partial charge in [-0.25, -0.2) is 8.78 Å². The van der Waals surface area contributed by atoms with Crippen LogP contribution in [0.4, 0.5) is 8.78 Å². The summed E-state index contributed by atoms with van der Waals surface area (Å²) in [6, 6.07) is 3.87. The fourth-order valence-corrected chi connectivity index (χ4v) is 2.31. The molecular formula is C14H17F2NO2. The number of nitrogens with zero attached hydrogens (tertiary/aromatic N) is 1. The second-order valence-corrected chi connectivity index (χ2v) is 5.39. The van der Waals surface area contributed by atoms with Crippen molar-refractivity contribution in [2.24, 2.45) is 5.41 Å². The van der Waals surface area contributed by atoms with Crippen LogP contribution in [0.2, 0.25) is 0 Å². The smallest absolute Gasteiger partial charge is 0.309 e. The van der Waals surface area contributed by atoms with E-state index in [0.29, 0.717) is 38.0 Å². The molecule has 0 aliphatic carbocycles. The number of hydrogen-bond donors (Lipinski definition) is 1. The zero-order chi connectivity index (χ0) is 14.0. The van der Waals surface area contributed by atoms with E-state index in [0.717, 1.165) is 6.07 Å². The SMILES string of the molecule is CC1(C(=O)O)CCN(Cc2ccc(F)c(F)c2)CC1. The minimum absolute atomic E-state index is 0.521. The fraction of sp³-hybridized carbons (Fsp3) is 0.500. The number of rotatable bonds is 3. The van der Waals surface area contributed by atoms with E-state index >= 15 is 0 Å². The molecule has 1 fully saturated rings. The van der Waals surface area contributed by atoms with E-state index in [2.05, 4.69) is 4.90 Å². The maximum atomic E-state index is 13.1. The second-order valence-electron chi connectivity index (χ2n) is 5.39. The van der Waals surface area contributed by atoms with Crippen LogP contribution in [0.1, 0.15) is 25.3 Å². The Morgan fingerprint density at radius 1 is 1.32 bits per heavy atom. The number of carboxylic acids is 1. The number of hydrogen-bond acceptors (Lipinski definition) is 2. The molecule has 1 heterocycles. The highest BCUT2D eigenvalue weighted by molar-refractivity contribution is 5.74. The Morgan fingerprint density at radius 2 is 1.95 bits per heavy atom. The van der Waals surface area contributed by atoms with Crippen LogP contribution in [0.5, 0.6) is 0 Å². The van der Waals surface area contributed by atoms with Gasteiger partial charge in [-0.2, -0.15) is 0 Å². The van der Waals surface area contributed by atoms with E-state index in [1.54, 1.807) is 13.0 Å². The summed E-state index contributed by atoms with van der Waals surface area (Å²) >= 11 is 0. The number of aliphatic carboxylic acids is 1. The van der Waals surface area contributed by atoms with Crippen LogP contribution in [0, 0.1) is 17.0 Å². The van der Waals surface area contributed by atoms with Gasteiger partial charge in [-0.3, -0.25) is 9.69 Å². The summed E-state index contributed by atoms with van der Waals surface area (Å²) in [4.78, 5) is 13.2. The molecule has 1 aromatic rings. The van der Waals surface area contributed by atoms with Crippen LogP contribution in [-0.4, -0.2) is 29.1 Å². The van der Waals surface area contributed by atoms with Crippen molar-refractivity contribution in [2.75, 3.05) is 13.1 Å². The number of benzene rings is 1. The van der Waals surface area contributed by atoms with Crippen molar-refractivity contribution in [3.8, 4) is 0 Å². The molecule has 1 aromatic carbocycles. The minimum atomic E-state index is -0.846. The van der Waals surface area contributed by atoms with Crippen molar-refractivity contribution in [3.05, 3.63) is 35.4 Å². The summed E-state index contributed by atoms with van der Waals surface area (Å²) < 4.78 is 25.9. The molecule has 0 bridgehead atoms. The lowest BCUT2D eigenvalue weighted by atomic mass is 9.80. The molecule has 3 nitrogen and oxygen atoms in total. The molecule has 0 spiro atoms. The molecule has 1 saturated heterocycles. The van der Waals surface area contributed by atoms with Crippen molar-refractivity contribution in [1.29, 1.82) is 0 Å². The first-order valence-corrected chi connectivity index (χ1v) is 6.30. The molecular weight excluding hydrogens is 252 g/mol. The molecule has 0 amide bonds. The number of carbonyl (C=O) groups is 1. The summed E-state index contributed by atoms with van der Waals surface area (Å²) in [5.41, 5.74) is 0.0442. The maximum Gasteiger partial charge on any atom is 0.309 e. The van der Waals surface area contributed by atoms with Gasteiger partial charge in [0.2, 0.25) is 0 Å². The van der Waals surface area contributed by atoms with Gasteiger partial charge in [0, 0.05) is 6.54 Å². The van der Waals surface area contributed by atoms with Gasteiger partial charge in [0.05, 0.1) is 5.41 Å². The molecule has 1 aliphatic rings. The van der Waals surface area contributed by atoms with Gasteiger partial charge in [-0.1, -0.05) is 6.07 Å². The normalized spacial score (nSPS) is 19.3. The topological polar surface area (TPSA) is 40.5 Å². The highest BCUT2D eigenvalue weighted by Crippen LogP contribution is 2.31. The molecule has 5 heteroatoms. The van der Waals surface area contributed by atoms with E-state index in [4.69, 9.17) is 5.11 Å². The summed E-state index contributed by atoms with van der Waals surface area (Å²) in [5, 5.41) is 9.13. The number of likely N-dealkylation sites (tertiary alicyclic amines) is 1. The van der Waals surface area contributed by atoms with E-state index in [1.165, 1.54) is 6.07 Å². The molecule has 104 valence electrons. The Balaban J connectivity index is 1.95. The minimum Gasteiger partial charge on any atom is -0.481 e. The molecule has 0 unspecified atom stereocenters. The molecule has 19 heavy (non-hydrogen) atoms. The van der Waals surface area contributed by atoms with Crippen molar-refractivity contribution in [3.63, 3.8) is 0 Å². The zero-order valence-electron chi connectivity index (χ0n) is 10.8. The van der Waals surface area contributed by atoms with Gasteiger partial charge in [-0.15, -0.1) is 0 Å². The maximum absolute atomic E-state index is 13.1. The summed E-state index contributed by atoms with van der Waals surface area (Å²) in [6.07, 6.45) is 1.15. The van der Waals surface area contributed by atoms with Gasteiger partial charge < -0.3 is 5.11 Å². The lowest BCUT2D eigenvalue weighted by Crippen LogP contribution is -2.42. The van der Waals surface area contributed by atoms with Gasteiger partial charge in [-0.05, 0) is 50.6 Å². The first-order chi connectivity index (χ1) is 8.90. The quantitative estimate of drug-likeness (QED) is 0.917. The van der Waals surface area contributed by atoms with E-state index in [9.17, 15) is 13.6 Å². The number of halogens is 2. The third-order valence-electron chi connectivity index (χ3n) is 3.87. The highest BCUT2D eigenvalue weighted by atomic mass is 19.2. The first kappa shape index (κ1) is 13.9. The van der Waals surface area contributed by atoms with Crippen molar-refractivity contribution in [2.45, 2.75) is 26.3 Å². The Bertz CT molecular complexity index is 482. The molecule has 2 rings (SSSR count). The van der Waals surface area contributed by atoms with Crippen molar-refractivity contribution in [1.82, 2.24) is 4.90 Å². The van der Waals surface area contributed by atoms with Gasteiger partial charge in [0.1, 0.15) is 0 Å².